The molecule has 0 aliphatic heterocycles. The zero-order valence-corrected chi connectivity index (χ0v) is 24.4. The maximum Gasteiger partial charge on any atom is 0.253 e. The second kappa shape index (κ2) is 14.2. The number of aromatic nitrogens is 1. The largest absolute Gasteiger partial charge is 0.391 e. The van der Waals surface area contributed by atoms with Gasteiger partial charge in [0.1, 0.15) is 11.6 Å². The van der Waals surface area contributed by atoms with Gasteiger partial charge >= 0.3 is 0 Å². The van der Waals surface area contributed by atoms with Crippen LogP contribution in [-0.4, -0.2) is 52.0 Å². The van der Waals surface area contributed by atoms with Gasteiger partial charge in [-0.25, -0.2) is 8.78 Å². The Bertz CT molecular complexity index is 1470. The summed E-state index contributed by atoms with van der Waals surface area (Å²) in [4.78, 5) is 31.9. The van der Waals surface area contributed by atoms with E-state index in [2.05, 4.69) is 10.3 Å². The minimum absolute atomic E-state index is 0.0205. The van der Waals surface area contributed by atoms with Crippen LogP contribution in [0.15, 0.2) is 66.7 Å². The van der Waals surface area contributed by atoms with Crippen LogP contribution in [0.2, 0.25) is 0 Å². The quantitative estimate of drug-likeness (QED) is 0.174. The molecule has 3 aromatic carbocycles. The molecule has 4 aromatic rings. The molecule has 0 saturated carbocycles. The molecule has 3 N–H and O–H groups in total. The summed E-state index contributed by atoms with van der Waals surface area (Å²) in [6.07, 6.45) is 1.46. The van der Waals surface area contributed by atoms with E-state index in [1.54, 1.807) is 23.1 Å². The number of para-hydroxylation sites is 1. The molecule has 0 fully saturated rings. The van der Waals surface area contributed by atoms with Gasteiger partial charge in [-0.05, 0) is 98.0 Å². The van der Waals surface area contributed by atoms with E-state index in [0.29, 0.717) is 37.1 Å². The van der Waals surface area contributed by atoms with Crippen LogP contribution in [0.1, 0.15) is 70.6 Å². The van der Waals surface area contributed by atoms with Crippen molar-refractivity contribution in [2.24, 2.45) is 0 Å². The first-order valence-corrected chi connectivity index (χ1v) is 14.6. The minimum Gasteiger partial charge on any atom is -0.391 e. The number of nitrogens with zero attached hydrogens (tertiary/aromatic N) is 1. The van der Waals surface area contributed by atoms with Crippen molar-refractivity contribution in [2.75, 3.05) is 13.1 Å². The zero-order chi connectivity index (χ0) is 30.2. The van der Waals surface area contributed by atoms with Crippen molar-refractivity contribution < 1.29 is 23.5 Å². The highest BCUT2D eigenvalue weighted by atomic mass is 19.1. The number of H-pyrrole nitrogens is 1. The number of hydrogen-bond acceptors (Lipinski definition) is 3. The Morgan fingerprint density at radius 2 is 1.60 bits per heavy atom. The van der Waals surface area contributed by atoms with Crippen LogP contribution in [0, 0.1) is 18.6 Å². The van der Waals surface area contributed by atoms with E-state index in [0.717, 1.165) is 41.1 Å². The van der Waals surface area contributed by atoms with E-state index in [4.69, 9.17) is 0 Å². The SMILES string of the molecule is CCCN(CCC)C(=O)c1cc(C)cc(C(=O)NC(Cc2cc(F)cc(F)c2)C(O)CCc2cc3ccccc3[nH]2)c1. The number of amides is 2. The number of aromatic amines is 1. The molecule has 222 valence electrons. The smallest absolute Gasteiger partial charge is 0.253 e. The highest BCUT2D eigenvalue weighted by Gasteiger charge is 2.24. The lowest BCUT2D eigenvalue weighted by Crippen LogP contribution is -2.45. The molecule has 2 atom stereocenters. The summed E-state index contributed by atoms with van der Waals surface area (Å²) in [5.41, 5.74) is 3.69. The van der Waals surface area contributed by atoms with Gasteiger partial charge in [0.05, 0.1) is 12.1 Å². The Morgan fingerprint density at radius 3 is 2.26 bits per heavy atom. The van der Waals surface area contributed by atoms with Gasteiger partial charge in [0.25, 0.3) is 11.8 Å². The van der Waals surface area contributed by atoms with Crippen molar-refractivity contribution in [2.45, 2.75) is 65.0 Å². The van der Waals surface area contributed by atoms with Crippen LogP contribution in [0.25, 0.3) is 10.9 Å². The summed E-state index contributed by atoms with van der Waals surface area (Å²) in [5.74, 6) is -2.07. The number of benzene rings is 3. The first kappa shape index (κ1) is 30.9. The number of fused-ring (bicyclic) bond motifs is 1. The summed E-state index contributed by atoms with van der Waals surface area (Å²) >= 11 is 0. The maximum atomic E-state index is 14.0. The minimum atomic E-state index is -1.01. The Hall–Kier alpha value is -4.04. The van der Waals surface area contributed by atoms with Crippen LogP contribution in [-0.2, 0) is 12.8 Å². The number of aryl methyl sites for hydroxylation is 2. The second-order valence-corrected chi connectivity index (χ2v) is 10.9. The molecule has 42 heavy (non-hydrogen) atoms. The molecule has 0 bridgehead atoms. The third kappa shape index (κ3) is 8.03. The molecule has 0 saturated heterocycles. The molecule has 2 amide bonds. The standard InChI is InChI=1S/C34H39F2N3O3/c1-4-12-39(13-5-2)34(42)26-15-22(3)14-25(19-26)33(41)38-31(18-23-16-27(35)21-28(36)17-23)32(40)11-10-29-20-24-8-6-7-9-30(24)37-29/h6-9,14-17,19-21,31-32,37,40H,4-5,10-13,18H2,1-3H3,(H,38,41). The summed E-state index contributed by atoms with van der Waals surface area (Å²) in [7, 11) is 0. The average Bonchev–Trinajstić information content (AvgIpc) is 3.37. The number of rotatable bonds is 13. The van der Waals surface area contributed by atoms with E-state index in [9.17, 15) is 23.5 Å². The van der Waals surface area contributed by atoms with Gasteiger partial charge < -0.3 is 20.3 Å². The fourth-order valence-electron chi connectivity index (χ4n) is 5.37. The lowest BCUT2D eigenvalue weighted by molar-refractivity contribution is 0.0755. The van der Waals surface area contributed by atoms with E-state index in [1.165, 1.54) is 12.1 Å². The third-order valence-corrected chi connectivity index (χ3v) is 7.31. The van der Waals surface area contributed by atoms with Gasteiger partial charge in [-0.3, -0.25) is 9.59 Å². The Kier molecular flexibility index (Phi) is 10.5. The Morgan fingerprint density at radius 1 is 0.929 bits per heavy atom. The van der Waals surface area contributed by atoms with Crippen molar-refractivity contribution in [3.8, 4) is 0 Å². The number of nitrogens with one attached hydrogen (secondary N) is 2. The second-order valence-electron chi connectivity index (χ2n) is 10.9. The number of aliphatic hydroxyl groups excluding tert-OH is 1. The number of aliphatic hydroxyl groups is 1. The molecule has 0 spiro atoms. The molecular weight excluding hydrogens is 536 g/mol. The van der Waals surface area contributed by atoms with Gasteiger partial charge in [-0.15, -0.1) is 0 Å². The van der Waals surface area contributed by atoms with Crippen LogP contribution in [0.4, 0.5) is 8.78 Å². The monoisotopic (exact) mass is 575 g/mol. The number of carbonyl (C=O) groups is 2. The van der Waals surface area contributed by atoms with Crippen molar-refractivity contribution in [1.82, 2.24) is 15.2 Å². The van der Waals surface area contributed by atoms with Gasteiger partial charge in [0.15, 0.2) is 0 Å². The molecule has 0 aliphatic carbocycles. The third-order valence-electron chi connectivity index (χ3n) is 7.31. The Labute approximate surface area is 245 Å². The van der Waals surface area contributed by atoms with Gasteiger partial charge in [0, 0.05) is 41.5 Å². The molecule has 0 aliphatic rings. The van der Waals surface area contributed by atoms with Crippen molar-refractivity contribution in [3.05, 3.63) is 106 Å². The molecule has 8 heteroatoms. The van der Waals surface area contributed by atoms with E-state index >= 15 is 0 Å². The molecular formula is C34H39F2N3O3. The first-order valence-electron chi connectivity index (χ1n) is 14.6. The van der Waals surface area contributed by atoms with Gasteiger partial charge in [-0.2, -0.15) is 0 Å². The van der Waals surface area contributed by atoms with Gasteiger partial charge in [0.2, 0.25) is 0 Å². The molecule has 6 nitrogen and oxygen atoms in total. The predicted octanol–water partition coefficient (Wildman–Crippen LogP) is 6.35. The summed E-state index contributed by atoms with van der Waals surface area (Å²) < 4.78 is 28.0. The van der Waals surface area contributed by atoms with Crippen LogP contribution >= 0.6 is 0 Å². The fraction of sp³-hybridized carbons (Fsp3) is 0.353. The van der Waals surface area contributed by atoms with Crippen LogP contribution in [0.5, 0.6) is 0 Å². The fourth-order valence-corrected chi connectivity index (χ4v) is 5.37. The van der Waals surface area contributed by atoms with E-state index in [1.807, 2.05) is 51.1 Å². The van der Waals surface area contributed by atoms with Crippen molar-refractivity contribution >= 4 is 22.7 Å². The van der Waals surface area contributed by atoms with E-state index in [-0.39, 0.29) is 17.9 Å². The summed E-state index contributed by atoms with van der Waals surface area (Å²) in [6.45, 7) is 7.09. The summed E-state index contributed by atoms with van der Waals surface area (Å²) in [5, 5.41) is 15.2. The zero-order valence-electron chi connectivity index (χ0n) is 24.4. The first-order chi connectivity index (χ1) is 20.2. The van der Waals surface area contributed by atoms with E-state index < -0.39 is 29.7 Å². The highest BCUT2D eigenvalue weighted by molar-refractivity contribution is 6.00. The lowest BCUT2D eigenvalue weighted by Gasteiger charge is -2.25. The number of halogens is 2. The molecule has 2 unspecified atom stereocenters. The molecule has 1 heterocycles. The topological polar surface area (TPSA) is 85.4 Å². The lowest BCUT2D eigenvalue weighted by atomic mass is 9.96. The van der Waals surface area contributed by atoms with Crippen molar-refractivity contribution in [1.29, 1.82) is 0 Å². The number of carbonyl (C=O) groups excluding carboxylic acids is 2. The van der Waals surface area contributed by atoms with Gasteiger partial charge in [-0.1, -0.05) is 32.0 Å². The predicted molar refractivity (Wildman–Crippen MR) is 162 cm³/mol. The van der Waals surface area contributed by atoms with Crippen LogP contribution in [0.3, 0.4) is 0 Å². The molecule has 4 rings (SSSR count). The Balaban J connectivity index is 1.55. The average molecular weight is 576 g/mol. The molecule has 0 radical (unpaired) electrons. The highest BCUT2D eigenvalue weighted by Crippen LogP contribution is 2.19. The maximum absolute atomic E-state index is 14.0. The van der Waals surface area contributed by atoms with Crippen molar-refractivity contribution in [3.63, 3.8) is 0 Å². The number of hydrogen-bond donors (Lipinski definition) is 3. The van der Waals surface area contributed by atoms with Crippen LogP contribution < -0.4 is 5.32 Å². The molecule has 1 aromatic heterocycles. The summed E-state index contributed by atoms with van der Waals surface area (Å²) in [6, 6.07) is 17.3. The normalized spacial score (nSPS) is 12.7.